The predicted molar refractivity (Wildman–Crippen MR) is 97.3 cm³/mol. The van der Waals surface area contributed by atoms with E-state index in [-0.39, 0.29) is 24.0 Å². The summed E-state index contributed by atoms with van der Waals surface area (Å²) in [4.78, 5) is 9.09. The van der Waals surface area contributed by atoms with Crippen LogP contribution in [-0.4, -0.2) is 30.1 Å². The summed E-state index contributed by atoms with van der Waals surface area (Å²) in [6.45, 7) is 8.19. The maximum atomic E-state index is 4.62. The number of rotatable bonds is 6. The van der Waals surface area contributed by atoms with Crippen LogP contribution in [0, 0.1) is 12.8 Å². The molecule has 0 amide bonds. The van der Waals surface area contributed by atoms with Crippen LogP contribution in [0.25, 0.3) is 0 Å². The largest absolute Gasteiger partial charge is 0.357 e. The van der Waals surface area contributed by atoms with Gasteiger partial charge in [0.25, 0.3) is 0 Å². The number of aliphatic imine (C=N–C) groups is 1. The molecule has 6 heteroatoms. The molecule has 0 radical (unpaired) electrons. The summed E-state index contributed by atoms with van der Waals surface area (Å²) in [5.41, 5.74) is 1.13. The minimum Gasteiger partial charge on any atom is -0.357 e. The Labute approximate surface area is 142 Å². The summed E-state index contributed by atoms with van der Waals surface area (Å²) in [5, 5.41) is 10.1. The lowest BCUT2D eigenvalue weighted by molar-refractivity contribution is 0.753. The number of nitrogens with zero attached hydrogens (tertiary/aromatic N) is 2. The molecule has 20 heavy (non-hydrogen) atoms. The van der Waals surface area contributed by atoms with Crippen LogP contribution in [0.4, 0.5) is 0 Å². The molecule has 0 spiro atoms. The molecule has 1 aromatic rings. The van der Waals surface area contributed by atoms with E-state index >= 15 is 0 Å². The lowest BCUT2D eigenvalue weighted by Gasteiger charge is -2.10. The summed E-state index contributed by atoms with van der Waals surface area (Å²) < 4.78 is 0. The Balaban J connectivity index is 0.00000200. The SMILES string of the molecule is CCNC(=NCCCc1nc(C)cs1)NC1CC1C.I. The molecule has 1 fully saturated rings. The number of nitrogens with one attached hydrogen (secondary N) is 2. The first kappa shape index (κ1) is 17.7. The third kappa shape index (κ3) is 5.95. The Kier molecular flexibility index (Phi) is 7.79. The zero-order chi connectivity index (χ0) is 13.7. The van der Waals surface area contributed by atoms with E-state index < -0.39 is 0 Å². The van der Waals surface area contributed by atoms with Crippen molar-refractivity contribution in [1.29, 1.82) is 0 Å². The number of halogens is 1. The van der Waals surface area contributed by atoms with Gasteiger partial charge in [-0.2, -0.15) is 0 Å². The maximum Gasteiger partial charge on any atom is 0.191 e. The average Bonchev–Trinajstić information content (AvgIpc) is 2.89. The Morgan fingerprint density at radius 2 is 2.30 bits per heavy atom. The van der Waals surface area contributed by atoms with Crippen molar-refractivity contribution in [3.05, 3.63) is 16.1 Å². The number of hydrogen-bond acceptors (Lipinski definition) is 3. The van der Waals surface area contributed by atoms with Crippen LogP contribution in [0.3, 0.4) is 0 Å². The average molecular weight is 408 g/mol. The fourth-order valence-electron chi connectivity index (χ4n) is 1.96. The highest BCUT2D eigenvalue weighted by molar-refractivity contribution is 14.0. The molecule has 0 bridgehead atoms. The molecule has 2 unspecified atom stereocenters. The van der Waals surface area contributed by atoms with Crippen LogP contribution in [0.15, 0.2) is 10.4 Å². The van der Waals surface area contributed by atoms with Crippen molar-refractivity contribution in [2.75, 3.05) is 13.1 Å². The predicted octanol–water partition coefficient (Wildman–Crippen LogP) is 2.97. The van der Waals surface area contributed by atoms with Crippen molar-refractivity contribution in [3.63, 3.8) is 0 Å². The van der Waals surface area contributed by atoms with Gasteiger partial charge in [0, 0.05) is 36.6 Å². The molecule has 1 aliphatic carbocycles. The van der Waals surface area contributed by atoms with Gasteiger partial charge in [-0.15, -0.1) is 35.3 Å². The second-order valence-electron chi connectivity index (χ2n) is 5.21. The monoisotopic (exact) mass is 408 g/mol. The molecule has 0 aliphatic heterocycles. The standard InChI is InChI=1S/C14H24N4S.HI/c1-4-15-14(18-12-8-10(12)2)16-7-5-6-13-17-11(3)9-19-13;/h9-10,12H,4-8H2,1-3H3,(H2,15,16,18);1H. The van der Waals surface area contributed by atoms with Crippen LogP contribution in [-0.2, 0) is 6.42 Å². The number of hydrogen-bond donors (Lipinski definition) is 2. The molecule has 1 heterocycles. The van der Waals surface area contributed by atoms with Crippen molar-refractivity contribution >= 4 is 41.3 Å². The van der Waals surface area contributed by atoms with Crippen LogP contribution >= 0.6 is 35.3 Å². The van der Waals surface area contributed by atoms with Crippen LogP contribution in [0.5, 0.6) is 0 Å². The van der Waals surface area contributed by atoms with E-state index in [1.807, 2.05) is 6.92 Å². The molecule has 0 aromatic carbocycles. The Morgan fingerprint density at radius 1 is 1.55 bits per heavy atom. The third-order valence-corrected chi connectivity index (χ3v) is 4.29. The first-order valence-electron chi connectivity index (χ1n) is 7.15. The lowest BCUT2D eigenvalue weighted by atomic mass is 10.3. The minimum absolute atomic E-state index is 0. The van der Waals surface area contributed by atoms with E-state index in [0.717, 1.165) is 43.5 Å². The maximum absolute atomic E-state index is 4.62. The van der Waals surface area contributed by atoms with Crippen molar-refractivity contribution in [3.8, 4) is 0 Å². The zero-order valence-corrected chi connectivity index (χ0v) is 15.6. The second kappa shape index (κ2) is 8.81. The highest BCUT2D eigenvalue weighted by atomic mass is 127. The van der Waals surface area contributed by atoms with E-state index in [1.54, 1.807) is 11.3 Å². The summed E-state index contributed by atoms with van der Waals surface area (Å²) in [7, 11) is 0. The first-order valence-corrected chi connectivity index (χ1v) is 8.03. The number of aryl methyl sites for hydroxylation is 2. The van der Waals surface area contributed by atoms with Crippen molar-refractivity contribution in [2.45, 2.75) is 46.1 Å². The molecular weight excluding hydrogens is 383 g/mol. The molecular formula is C14H25IN4S. The lowest BCUT2D eigenvalue weighted by Crippen LogP contribution is -2.39. The number of guanidine groups is 1. The fourth-order valence-corrected chi connectivity index (χ4v) is 2.78. The Bertz CT molecular complexity index is 433. The summed E-state index contributed by atoms with van der Waals surface area (Å²) in [6.07, 6.45) is 3.35. The molecule has 1 aliphatic rings. The van der Waals surface area contributed by atoms with Crippen molar-refractivity contribution in [2.24, 2.45) is 10.9 Å². The second-order valence-corrected chi connectivity index (χ2v) is 6.15. The fraction of sp³-hybridized carbons (Fsp3) is 0.714. The Hall–Kier alpha value is -0.370. The van der Waals surface area contributed by atoms with Crippen LogP contribution in [0.1, 0.15) is 37.4 Å². The Morgan fingerprint density at radius 3 is 2.85 bits per heavy atom. The third-order valence-electron chi connectivity index (χ3n) is 3.26. The molecule has 1 aromatic heterocycles. The quantitative estimate of drug-likeness (QED) is 0.329. The van der Waals surface area contributed by atoms with Crippen molar-refractivity contribution < 1.29 is 0 Å². The van der Waals surface area contributed by atoms with Crippen molar-refractivity contribution in [1.82, 2.24) is 15.6 Å². The molecule has 2 N–H and O–H groups in total. The molecule has 1 saturated carbocycles. The smallest absolute Gasteiger partial charge is 0.191 e. The zero-order valence-electron chi connectivity index (χ0n) is 12.5. The van der Waals surface area contributed by atoms with E-state index in [1.165, 1.54) is 11.4 Å². The van der Waals surface area contributed by atoms with Gasteiger partial charge in [-0.1, -0.05) is 6.92 Å². The van der Waals surface area contributed by atoms with Gasteiger partial charge < -0.3 is 10.6 Å². The first-order chi connectivity index (χ1) is 9.19. The van der Waals surface area contributed by atoms with Gasteiger partial charge in [0.05, 0.1) is 5.01 Å². The molecule has 4 nitrogen and oxygen atoms in total. The molecule has 0 saturated heterocycles. The van der Waals surface area contributed by atoms with Gasteiger partial charge in [-0.25, -0.2) is 4.98 Å². The van der Waals surface area contributed by atoms with Crippen LogP contribution in [0.2, 0.25) is 0 Å². The number of aromatic nitrogens is 1. The van der Waals surface area contributed by atoms with E-state index in [4.69, 9.17) is 0 Å². The van der Waals surface area contributed by atoms with Crippen LogP contribution < -0.4 is 10.6 Å². The summed E-state index contributed by atoms with van der Waals surface area (Å²) in [5.74, 6) is 1.76. The molecule has 2 rings (SSSR count). The summed E-state index contributed by atoms with van der Waals surface area (Å²) >= 11 is 1.75. The van der Waals surface area contributed by atoms with E-state index in [9.17, 15) is 0 Å². The molecule has 114 valence electrons. The van der Waals surface area contributed by atoms with Gasteiger partial charge >= 0.3 is 0 Å². The number of thiazole rings is 1. The van der Waals surface area contributed by atoms with Gasteiger partial charge in [0.15, 0.2) is 5.96 Å². The normalized spacial score (nSPS) is 21.2. The van der Waals surface area contributed by atoms with Gasteiger partial charge in [0.2, 0.25) is 0 Å². The van der Waals surface area contributed by atoms with Gasteiger partial charge in [-0.05, 0) is 32.6 Å². The molecule has 2 atom stereocenters. The van der Waals surface area contributed by atoms with Gasteiger partial charge in [0.1, 0.15) is 0 Å². The topological polar surface area (TPSA) is 49.3 Å². The minimum atomic E-state index is 0. The highest BCUT2D eigenvalue weighted by Gasteiger charge is 2.33. The van der Waals surface area contributed by atoms with E-state index in [0.29, 0.717) is 6.04 Å². The van der Waals surface area contributed by atoms with E-state index in [2.05, 4.69) is 39.8 Å². The van der Waals surface area contributed by atoms with Gasteiger partial charge in [-0.3, -0.25) is 4.99 Å². The summed E-state index contributed by atoms with van der Waals surface area (Å²) in [6, 6.07) is 0.624. The highest BCUT2D eigenvalue weighted by Crippen LogP contribution is 2.28.